The van der Waals surface area contributed by atoms with Crippen LogP contribution in [0.15, 0.2) is 54.7 Å². The second-order valence-corrected chi connectivity index (χ2v) is 5.21. The van der Waals surface area contributed by atoms with Gasteiger partial charge in [0.1, 0.15) is 0 Å². The van der Waals surface area contributed by atoms with Crippen molar-refractivity contribution in [3.8, 4) is 0 Å². The van der Waals surface area contributed by atoms with Crippen LogP contribution in [0.3, 0.4) is 0 Å². The average Bonchev–Trinajstić information content (AvgIpc) is 2.52. The van der Waals surface area contributed by atoms with Crippen molar-refractivity contribution in [3.63, 3.8) is 0 Å². The Labute approximate surface area is 129 Å². The number of aryl methyl sites for hydroxylation is 1. The maximum Gasteiger partial charge on any atom is 0.323 e. The molecule has 0 aliphatic carbocycles. The smallest absolute Gasteiger partial charge is 0.307 e. The lowest BCUT2D eigenvalue weighted by molar-refractivity contribution is 0.262. The molecule has 1 aromatic heterocycles. The van der Waals surface area contributed by atoms with Gasteiger partial charge in [-0.1, -0.05) is 30.3 Å². The molecule has 2 aromatic carbocycles. The van der Waals surface area contributed by atoms with E-state index in [4.69, 9.17) is 0 Å². The lowest BCUT2D eigenvalue weighted by Crippen LogP contribution is -2.20. The standard InChI is InChI=1S/C18H17N3O/c1-12-6-3-9-15(13(12)2)20-18(22)21-16-10-4-7-14-8-5-11-19-17(14)16/h3-11H,1-2H3,(H2,20,21,22). The summed E-state index contributed by atoms with van der Waals surface area (Å²) in [7, 11) is 0. The van der Waals surface area contributed by atoms with Crippen LogP contribution in [0, 0.1) is 13.8 Å². The third-order valence-electron chi connectivity index (χ3n) is 3.73. The van der Waals surface area contributed by atoms with Gasteiger partial charge in [-0.3, -0.25) is 4.98 Å². The van der Waals surface area contributed by atoms with Gasteiger partial charge in [0.25, 0.3) is 0 Å². The van der Waals surface area contributed by atoms with Crippen LogP contribution in [0.2, 0.25) is 0 Å². The molecule has 0 aliphatic heterocycles. The van der Waals surface area contributed by atoms with Crippen LogP contribution in [0.4, 0.5) is 16.2 Å². The summed E-state index contributed by atoms with van der Waals surface area (Å²) in [5.74, 6) is 0. The molecule has 2 amide bonds. The Kier molecular flexibility index (Phi) is 3.74. The molecule has 22 heavy (non-hydrogen) atoms. The van der Waals surface area contributed by atoms with E-state index in [1.807, 2.05) is 62.4 Å². The summed E-state index contributed by atoms with van der Waals surface area (Å²) < 4.78 is 0. The summed E-state index contributed by atoms with van der Waals surface area (Å²) >= 11 is 0. The van der Waals surface area contributed by atoms with Crippen LogP contribution in [0.5, 0.6) is 0 Å². The van der Waals surface area contributed by atoms with Crippen molar-refractivity contribution in [2.24, 2.45) is 0 Å². The zero-order valence-electron chi connectivity index (χ0n) is 12.6. The largest absolute Gasteiger partial charge is 0.323 e. The number of benzene rings is 2. The highest BCUT2D eigenvalue weighted by atomic mass is 16.2. The molecule has 0 fully saturated rings. The minimum atomic E-state index is -0.271. The Morgan fingerprint density at radius 3 is 2.45 bits per heavy atom. The number of para-hydroxylation sites is 1. The van der Waals surface area contributed by atoms with E-state index in [2.05, 4.69) is 15.6 Å². The molecule has 0 saturated heterocycles. The van der Waals surface area contributed by atoms with Crippen molar-refractivity contribution < 1.29 is 4.79 Å². The van der Waals surface area contributed by atoms with Crippen LogP contribution >= 0.6 is 0 Å². The number of amides is 2. The van der Waals surface area contributed by atoms with Gasteiger partial charge in [0, 0.05) is 17.3 Å². The number of anilines is 2. The van der Waals surface area contributed by atoms with E-state index >= 15 is 0 Å². The molecule has 0 radical (unpaired) electrons. The molecule has 0 unspecified atom stereocenters. The van der Waals surface area contributed by atoms with Crippen molar-refractivity contribution in [3.05, 3.63) is 65.9 Å². The first-order valence-electron chi connectivity index (χ1n) is 7.13. The molecule has 110 valence electrons. The molecule has 3 rings (SSSR count). The molecular weight excluding hydrogens is 274 g/mol. The molecule has 0 atom stereocenters. The topological polar surface area (TPSA) is 54.0 Å². The summed E-state index contributed by atoms with van der Waals surface area (Å²) in [6.07, 6.45) is 1.72. The predicted molar refractivity (Wildman–Crippen MR) is 90.3 cm³/mol. The molecule has 4 heteroatoms. The number of aromatic nitrogens is 1. The molecule has 1 heterocycles. The van der Waals surface area contributed by atoms with E-state index in [1.165, 1.54) is 0 Å². The summed E-state index contributed by atoms with van der Waals surface area (Å²) in [6, 6.07) is 15.1. The highest BCUT2D eigenvalue weighted by Gasteiger charge is 2.08. The Morgan fingerprint density at radius 2 is 1.59 bits per heavy atom. The average molecular weight is 291 g/mol. The first kappa shape index (κ1) is 14.1. The molecule has 4 nitrogen and oxygen atoms in total. The Bertz CT molecular complexity index is 837. The van der Waals surface area contributed by atoms with E-state index in [0.29, 0.717) is 5.69 Å². The van der Waals surface area contributed by atoms with Gasteiger partial charge in [0.2, 0.25) is 0 Å². The Morgan fingerprint density at radius 1 is 0.909 bits per heavy atom. The first-order chi connectivity index (χ1) is 10.6. The third-order valence-corrected chi connectivity index (χ3v) is 3.73. The number of nitrogens with one attached hydrogen (secondary N) is 2. The number of fused-ring (bicyclic) bond motifs is 1. The van der Waals surface area contributed by atoms with E-state index in [1.54, 1.807) is 6.20 Å². The fourth-order valence-corrected chi connectivity index (χ4v) is 2.37. The molecule has 3 aromatic rings. The molecular formula is C18H17N3O. The number of urea groups is 1. The van der Waals surface area contributed by atoms with Gasteiger partial charge >= 0.3 is 6.03 Å². The SMILES string of the molecule is Cc1cccc(NC(=O)Nc2cccc3cccnc23)c1C. The van der Waals surface area contributed by atoms with Gasteiger partial charge in [-0.15, -0.1) is 0 Å². The summed E-state index contributed by atoms with van der Waals surface area (Å²) in [5, 5.41) is 6.75. The van der Waals surface area contributed by atoms with E-state index < -0.39 is 0 Å². The maximum absolute atomic E-state index is 12.2. The van der Waals surface area contributed by atoms with Gasteiger partial charge in [-0.25, -0.2) is 4.79 Å². The van der Waals surface area contributed by atoms with Crippen molar-refractivity contribution in [1.29, 1.82) is 0 Å². The van der Waals surface area contributed by atoms with Gasteiger partial charge in [-0.05, 0) is 43.2 Å². The lowest BCUT2D eigenvalue weighted by Gasteiger charge is -2.12. The summed E-state index contributed by atoms with van der Waals surface area (Å²) in [6.45, 7) is 4.01. The number of rotatable bonds is 2. The number of hydrogen-bond donors (Lipinski definition) is 2. The molecule has 0 saturated carbocycles. The van der Waals surface area contributed by atoms with Crippen molar-refractivity contribution >= 4 is 28.3 Å². The van der Waals surface area contributed by atoms with E-state index in [-0.39, 0.29) is 6.03 Å². The number of carbonyl (C=O) groups is 1. The third kappa shape index (κ3) is 2.76. The highest BCUT2D eigenvalue weighted by molar-refractivity contribution is 6.05. The highest BCUT2D eigenvalue weighted by Crippen LogP contribution is 2.22. The van der Waals surface area contributed by atoms with Crippen LogP contribution in [0.25, 0.3) is 10.9 Å². The molecule has 0 aliphatic rings. The molecule has 2 N–H and O–H groups in total. The zero-order valence-corrected chi connectivity index (χ0v) is 12.6. The Hall–Kier alpha value is -2.88. The second-order valence-electron chi connectivity index (χ2n) is 5.21. The van der Waals surface area contributed by atoms with Crippen molar-refractivity contribution in [2.75, 3.05) is 10.6 Å². The summed E-state index contributed by atoms with van der Waals surface area (Å²) in [5.41, 5.74) is 4.49. The van der Waals surface area contributed by atoms with Crippen molar-refractivity contribution in [2.45, 2.75) is 13.8 Å². The molecule has 0 spiro atoms. The fraction of sp³-hybridized carbons (Fsp3) is 0.111. The monoisotopic (exact) mass is 291 g/mol. The quantitative estimate of drug-likeness (QED) is 0.730. The van der Waals surface area contributed by atoms with Crippen LogP contribution < -0.4 is 10.6 Å². The minimum absolute atomic E-state index is 0.271. The minimum Gasteiger partial charge on any atom is -0.307 e. The lowest BCUT2D eigenvalue weighted by atomic mass is 10.1. The second kappa shape index (κ2) is 5.85. The zero-order chi connectivity index (χ0) is 15.5. The number of hydrogen-bond acceptors (Lipinski definition) is 2. The van der Waals surface area contributed by atoms with Crippen LogP contribution in [-0.2, 0) is 0 Å². The van der Waals surface area contributed by atoms with Gasteiger partial charge in [0.05, 0.1) is 11.2 Å². The maximum atomic E-state index is 12.2. The van der Waals surface area contributed by atoms with E-state index in [9.17, 15) is 4.79 Å². The van der Waals surface area contributed by atoms with Gasteiger partial charge in [-0.2, -0.15) is 0 Å². The number of nitrogens with zero attached hydrogens (tertiary/aromatic N) is 1. The summed E-state index contributed by atoms with van der Waals surface area (Å²) in [4.78, 5) is 16.6. The van der Waals surface area contributed by atoms with Gasteiger partial charge < -0.3 is 10.6 Å². The molecule has 0 bridgehead atoms. The van der Waals surface area contributed by atoms with E-state index in [0.717, 1.165) is 27.7 Å². The van der Waals surface area contributed by atoms with Gasteiger partial charge in [0.15, 0.2) is 0 Å². The number of pyridine rings is 1. The van der Waals surface area contributed by atoms with Crippen LogP contribution in [-0.4, -0.2) is 11.0 Å². The fourth-order valence-electron chi connectivity index (χ4n) is 2.37. The first-order valence-corrected chi connectivity index (χ1v) is 7.13. The van der Waals surface area contributed by atoms with Crippen molar-refractivity contribution in [1.82, 2.24) is 4.98 Å². The Balaban J connectivity index is 1.83. The normalized spacial score (nSPS) is 10.5. The predicted octanol–water partition coefficient (Wildman–Crippen LogP) is 4.50. The van der Waals surface area contributed by atoms with Crippen LogP contribution in [0.1, 0.15) is 11.1 Å². The number of carbonyl (C=O) groups excluding carboxylic acids is 1.